The fourth-order valence-electron chi connectivity index (χ4n) is 1.80. The van der Waals surface area contributed by atoms with Gasteiger partial charge in [0.2, 0.25) is 11.8 Å². The molecular weight excluding hydrogens is 220 g/mol. The normalized spacial score (nSPS) is 19.4. The number of carbonyl (C=O) groups is 1. The molecule has 1 aromatic heterocycles. The summed E-state index contributed by atoms with van der Waals surface area (Å²) < 4.78 is 5.24. The van der Waals surface area contributed by atoms with Crippen LogP contribution in [0.15, 0.2) is 4.52 Å². The van der Waals surface area contributed by atoms with E-state index in [1.807, 2.05) is 25.7 Å². The van der Waals surface area contributed by atoms with E-state index in [0.29, 0.717) is 24.8 Å². The molecule has 1 N–H and O–H groups in total. The van der Waals surface area contributed by atoms with E-state index in [0.717, 1.165) is 6.54 Å². The maximum atomic E-state index is 11.3. The molecule has 17 heavy (non-hydrogen) atoms. The minimum Gasteiger partial charge on any atom is -0.354 e. The molecule has 0 spiro atoms. The Balaban J connectivity index is 2.07. The summed E-state index contributed by atoms with van der Waals surface area (Å²) in [7, 11) is 0. The number of piperazine rings is 1. The van der Waals surface area contributed by atoms with Gasteiger partial charge >= 0.3 is 0 Å². The Bertz CT molecular complexity index is 402. The van der Waals surface area contributed by atoms with E-state index in [2.05, 4.69) is 15.5 Å². The lowest BCUT2D eigenvalue weighted by atomic mass is 10.2. The van der Waals surface area contributed by atoms with Crippen LogP contribution in [0, 0.1) is 0 Å². The van der Waals surface area contributed by atoms with Crippen molar-refractivity contribution in [3.63, 3.8) is 0 Å². The molecule has 1 amide bonds. The molecule has 0 aliphatic carbocycles. The summed E-state index contributed by atoms with van der Waals surface area (Å²) in [4.78, 5) is 17.7. The molecule has 1 aliphatic rings. The van der Waals surface area contributed by atoms with E-state index in [9.17, 15) is 4.79 Å². The molecule has 0 aromatic carbocycles. The van der Waals surface area contributed by atoms with E-state index >= 15 is 0 Å². The largest absolute Gasteiger partial charge is 0.354 e. The molecule has 6 heteroatoms. The molecule has 0 bridgehead atoms. The van der Waals surface area contributed by atoms with Crippen molar-refractivity contribution in [2.75, 3.05) is 19.6 Å². The Hall–Kier alpha value is -1.43. The third kappa shape index (κ3) is 2.63. The highest BCUT2D eigenvalue weighted by molar-refractivity contribution is 5.78. The predicted molar refractivity (Wildman–Crippen MR) is 61.4 cm³/mol. The second-order valence-electron chi connectivity index (χ2n) is 4.64. The standard InChI is InChI=1S/C11H18N4O2/c1-7(2)10-13-11(17-14-10)8(3)15-5-4-12-9(16)6-15/h7-8H,4-6H2,1-3H3,(H,12,16). The van der Waals surface area contributed by atoms with Crippen molar-refractivity contribution in [1.82, 2.24) is 20.4 Å². The minimum atomic E-state index is -0.0129. The van der Waals surface area contributed by atoms with Crippen LogP contribution in [0.5, 0.6) is 0 Å². The van der Waals surface area contributed by atoms with Gasteiger partial charge in [-0.2, -0.15) is 4.98 Å². The molecule has 0 radical (unpaired) electrons. The van der Waals surface area contributed by atoms with E-state index in [1.165, 1.54) is 0 Å². The number of nitrogens with one attached hydrogen (secondary N) is 1. The maximum Gasteiger partial charge on any atom is 0.243 e. The summed E-state index contributed by atoms with van der Waals surface area (Å²) >= 11 is 0. The average molecular weight is 238 g/mol. The summed E-state index contributed by atoms with van der Waals surface area (Å²) in [6, 6.07) is -0.0129. The third-order valence-corrected chi connectivity index (χ3v) is 2.95. The average Bonchev–Trinajstić information content (AvgIpc) is 2.77. The fourth-order valence-corrected chi connectivity index (χ4v) is 1.80. The molecule has 0 saturated carbocycles. The Kier molecular flexibility index (Phi) is 3.42. The van der Waals surface area contributed by atoms with Crippen molar-refractivity contribution in [1.29, 1.82) is 0 Å². The van der Waals surface area contributed by atoms with E-state index < -0.39 is 0 Å². The first-order valence-electron chi connectivity index (χ1n) is 5.92. The summed E-state index contributed by atoms with van der Waals surface area (Å²) in [5, 5.41) is 6.73. The predicted octanol–water partition coefficient (Wildman–Crippen LogP) is 0.686. The zero-order valence-corrected chi connectivity index (χ0v) is 10.4. The van der Waals surface area contributed by atoms with Gasteiger partial charge in [-0.1, -0.05) is 19.0 Å². The Morgan fingerprint density at radius 3 is 2.76 bits per heavy atom. The minimum absolute atomic E-state index is 0.0129. The van der Waals surface area contributed by atoms with Crippen molar-refractivity contribution in [2.24, 2.45) is 0 Å². The van der Waals surface area contributed by atoms with Gasteiger partial charge in [-0.3, -0.25) is 9.69 Å². The van der Waals surface area contributed by atoms with Gasteiger partial charge in [-0.15, -0.1) is 0 Å². The van der Waals surface area contributed by atoms with Crippen LogP contribution in [-0.2, 0) is 4.79 Å². The second-order valence-corrected chi connectivity index (χ2v) is 4.64. The first kappa shape index (κ1) is 12.0. The van der Waals surface area contributed by atoms with Gasteiger partial charge in [0.1, 0.15) is 0 Å². The van der Waals surface area contributed by atoms with Crippen LogP contribution in [0.1, 0.15) is 44.4 Å². The monoisotopic (exact) mass is 238 g/mol. The zero-order chi connectivity index (χ0) is 12.4. The highest BCUT2D eigenvalue weighted by Crippen LogP contribution is 2.20. The number of carbonyl (C=O) groups excluding carboxylic acids is 1. The van der Waals surface area contributed by atoms with Crippen LogP contribution in [0.2, 0.25) is 0 Å². The number of hydrogen-bond donors (Lipinski definition) is 1. The van der Waals surface area contributed by atoms with Crippen LogP contribution in [0.4, 0.5) is 0 Å². The molecule has 94 valence electrons. The second kappa shape index (κ2) is 4.83. The summed E-state index contributed by atoms with van der Waals surface area (Å²) in [5.74, 6) is 1.60. The fraction of sp³-hybridized carbons (Fsp3) is 0.727. The number of nitrogens with zero attached hydrogens (tertiary/aromatic N) is 3. The quantitative estimate of drug-likeness (QED) is 0.838. The van der Waals surface area contributed by atoms with Gasteiger partial charge in [0.05, 0.1) is 12.6 Å². The van der Waals surface area contributed by atoms with Gasteiger partial charge in [0.15, 0.2) is 5.82 Å². The van der Waals surface area contributed by atoms with Gasteiger partial charge in [-0.05, 0) is 6.92 Å². The Labute approximate surface area is 100 Å². The van der Waals surface area contributed by atoms with E-state index in [-0.39, 0.29) is 17.9 Å². The van der Waals surface area contributed by atoms with Crippen LogP contribution in [0.25, 0.3) is 0 Å². The van der Waals surface area contributed by atoms with Crippen molar-refractivity contribution < 1.29 is 9.32 Å². The summed E-state index contributed by atoms with van der Waals surface area (Å²) in [6.45, 7) is 7.90. The molecule has 1 saturated heterocycles. The lowest BCUT2D eigenvalue weighted by Gasteiger charge is -2.29. The summed E-state index contributed by atoms with van der Waals surface area (Å²) in [5.41, 5.74) is 0. The lowest BCUT2D eigenvalue weighted by molar-refractivity contribution is -0.125. The molecule has 2 heterocycles. The van der Waals surface area contributed by atoms with Crippen LogP contribution < -0.4 is 5.32 Å². The molecule has 6 nitrogen and oxygen atoms in total. The molecule has 1 unspecified atom stereocenters. The Morgan fingerprint density at radius 2 is 2.18 bits per heavy atom. The number of rotatable bonds is 3. The van der Waals surface area contributed by atoms with Crippen molar-refractivity contribution in [2.45, 2.75) is 32.7 Å². The molecule has 2 rings (SSSR count). The number of aromatic nitrogens is 2. The zero-order valence-electron chi connectivity index (χ0n) is 10.4. The van der Waals surface area contributed by atoms with Crippen molar-refractivity contribution in [3.8, 4) is 0 Å². The van der Waals surface area contributed by atoms with Crippen LogP contribution in [-0.4, -0.2) is 40.6 Å². The molecular formula is C11H18N4O2. The van der Waals surface area contributed by atoms with Gasteiger partial charge in [-0.25, -0.2) is 0 Å². The van der Waals surface area contributed by atoms with Crippen molar-refractivity contribution >= 4 is 5.91 Å². The van der Waals surface area contributed by atoms with E-state index in [1.54, 1.807) is 0 Å². The molecule has 1 aliphatic heterocycles. The smallest absolute Gasteiger partial charge is 0.243 e. The summed E-state index contributed by atoms with van der Waals surface area (Å²) in [6.07, 6.45) is 0. The molecule has 1 aromatic rings. The van der Waals surface area contributed by atoms with Gasteiger partial charge in [0.25, 0.3) is 0 Å². The highest BCUT2D eigenvalue weighted by Gasteiger charge is 2.26. The first-order chi connectivity index (χ1) is 8.08. The van der Waals surface area contributed by atoms with Gasteiger partial charge < -0.3 is 9.84 Å². The third-order valence-electron chi connectivity index (χ3n) is 2.95. The topological polar surface area (TPSA) is 71.3 Å². The van der Waals surface area contributed by atoms with Crippen LogP contribution >= 0.6 is 0 Å². The molecule has 1 atom stereocenters. The maximum absolute atomic E-state index is 11.3. The molecule has 1 fully saturated rings. The van der Waals surface area contributed by atoms with Crippen LogP contribution in [0.3, 0.4) is 0 Å². The highest BCUT2D eigenvalue weighted by atomic mass is 16.5. The van der Waals surface area contributed by atoms with Crippen molar-refractivity contribution in [3.05, 3.63) is 11.7 Å². The Morgan fingerprint density at radius 1 is 1.41 bits per heavy atom. The SMILES string of the molecule is CC(C)c1noc(C(C)N2CCNC(=O)C2)n1. The lowest BCUT2D eigenvalue weighted by Crippen LogP contribution is -2.48. The van der Waals surface area contributed by atoms with E-state index in [4.69, 9.17) is 4.52 Å². The first-order valence-corrected chi connectivity index (χ1v) is 5.92. The number of hydrogen-bond acceptors (Lipinski definition) is 5. The van der Waals surface area contributed by atoms with Gasteiger partial charge in [0, 0.05) is 19.0 Å². The number of amides is 1.